The lowest BCUT2D eigenvalue weighted by atomic mass is 10.1. The topological polar surface area (TPSA) is 98.7 Å². The fraction of sp³-hybridized carbons (Fsp3) is 0.308. The van der Waals surface area contributed by atoms with Crippen LogP contribution in [0.4, 0.5) is 10.5 Å². The number of likely N-dealkylation sites (N-methyl/N-ethyl adjacent to an activating group) is 2. The van der Waals surface area contributed by atoms with Crippen LogP contribution >= 0.6 is 0 Å². The monoisotopic (exact) mass is 279 g/mol. The number of urea groups is 1. The van der Waals surface area contributed by atoms with E-state index >= 15 is 0 Å². The lowest BCUT2D eigenvalue weighted by molar-refractivity contribution is -0.120. The number of aromatic carboxylic acids is 1. The molecule has 0 fully saturated rings. The van der Waals surface area contributed by atoms with Gasteiger partial charge in [0, 0.05) is 19.8 Å². The molecule has 1 rings (SSSR count). The lowest BCUT2D eigenvalue weighted by Gasteiger charge is -2.17. The third kappa shape index (κ3) is 3.98. The smallest absolute Gasteiger partial charge is 0.335 e. The zero-order valence-corrected chi connectivity index (χ0v) is 11.6. The first kappa shape index (κ1) is 15.5. The quantitative estimate of drug-likeness (QED) is 0.762. The number of anilines is 1. The van der Waals surface area contributed by atoms with Gasteiger partial charge in [0.05, 0.1) is 5.56 Å². The van der Waals surface area contributed by atoms with Crippen molar-refractivity contribution in [2.24, 2.45) is 0 Å². The summed E-state index contributed by atoms with van der Waals surface area (Å²) >= 11 is 0. The number of nitrogens with one attached hydrogen (secondary N) is 2. The maximum atomic E-state index is 11.8. The number of hydrogen-bond donors (Lipinski definition) is 3. The van der Waals surface area contributed by atoms with E-state index in [0.29, 0.717) is 11.3 Å². The summed E-state index contributed by atoms with van der Waals surface area (Å²) in [4.78, 5) is 35.1. The Hall–Kier alpha value is -2.57. The lowest BCUT2D eigenvalue weighted by Crippen LogP contribution is -2.39. The first-order chi connectivity index (χ1) is 9.35. The minimum atomic E-state index is -1.02. The molecule has 0 heterocycles. The van der Waals surface area contributed by atoms with Gasteiger partial charge in [-0.2, -0.15) is 0 Å². The van der Waals surface area contributed by atoms with Gasteiger partial charge in [-0.1, -0.05) is 0 Å². The van der Waals surface area contributed by atoms with Crippen LogP contribution in [-0.4, -0.2) is 48.6 Å². The van der Waals surface area contributed by atoms with Gasteiger partial charge in [0.1, 0.15) is 6.54 Å². The Morgan fingerprint density at radius 1 is 1.30 bits per heavy atom. The molecule has 1 aromatic rings. The Balaban J connectivity index is 2.73. The largest absolute Gasteiger partial charge is 0.478 e. The number of carbonyl (C=O) groups is 3. The highest BCUT2D eigenvalue weighted by molar-refractivity contribution is 5.94. The summed E-state index contributed by atoms with van der Waals surface area (Å²) < 4.78 is 0. The number of hydrogen-bond acceptors (Lipinski definition) is 3. The highest BCUT2D eigenvalue weighted by Crippen LogP contribution is 2.15. The molecular formula is C13H17N3O4. The number of carboxylic acids is 1. The van der Waals surface area contributed by atoms with Crippen molar-refractivity contribution >= 4 is 23.6 Å². The van der Waals surface area contributed by atoms with Crippen LogP contribution in [0.1, 0.15) is 15.9 Å². The van der Waals surface area contributed by atoms with Gasteiger partial charge in [0.15, 0.2) is 0 Å². The molecule has 0 spiro atoms. The molecule has 0 radical (unpaired) electrons. The van der Waals surface area contributed by atoms with Gasteiger partial charge in [-0.3, -0.25) is 4.79 Å². The number of aryl methyl sites for hydroxylation is 1. The van der Waals surface area contributed by atoms with Crippen molar-refractivity contribution in [1.29, 1.82) is 0 Å². The second-order valence-electron chi connectivity index (χ2n) is 4.29. The molecular weight excluding hydrogens is 262 g/mol. The van der Waals surface area contributed by atoms with Crippen LogP contribution in [0.25, 0.3) is 0 Å². The minimum Gasteiger partial charge on any atom is -0.478 e. The van der Waals surface area contributed by atoms with Gasteiger partial charge in [0.25, 0.3) is 0 Å². The molecule has 7 heteroatoms. The summed E-state index contributed by atoms with van der Waals surface area (Å²) in [6.45, 7) is 1.59. The molecule has 0 aliphatic heterocycles. The Morgan fingerprint density at radius 3 is 2.45 bits per heavy atom. The average Bonchev–Trinajstić information content (AvgIpc) is 2.37. The fourth-order valence-electron chi connectivity index (χ4n) is 1.57. The van der Waals surface area contributed by atoms with Crippen molar-refractivity contribution in [2.75, 3.05) is 26.0 Å². The number of nitrogens with zero attached hydrogens (tertiary/aromatic N) is 1. The molecule has 1 aromatic carbocycles. The Labute approximate surface area is 116 Å². The Kier molecular flexibility index (Phi) is 5.08. The zero-order chi connectivity index (χ0) is 15.3. The molecule has 3 amide bonds. The van der Waals surface area contributed by atoms with Crippen LogP contribution in [0.5, 0.6) is 0 Å². The van der Waals surface area contributed by atoms with E-state index in [9.17, 15) is 14.4 Å². The van der Waals surface area contributed by atoms with Crippen LogP contribution in [0, 0.1) is 6.92 Å². The summed E-state index contributed by atoms with van der Waals surface area (Å²) in [5.74, 6) is -1.29. The van der Waals surface area contributed by atoms with Crippen molar-refractivity contribution < 1.29 is 19.5 Å². The molecule has 0 aliphatic rings. The first-order valence-corrected chi connectivity index (χ1v) is 5.91. The molecule has 0 atom stereocenters. The van der Waals surface area contributed by atoms with E-state index in [2.05, 4.69) is 10.6 Å². The van der Waals surface area contributed by atoms with Gasteiger partial charge in [-0.15, -0.1) is 0 Å². The van der Waals surface area contributed by atoms with Crippen molar-refractivity contribution in [3.63, 3.8) is 0 Å². The van der Waals surface area contributed by atoms with E-state index in [1.54, 1.807) is 13.0 Å². The summed E-state index contributed by atoms with van der Waals surface area (Å²) in [7, 11) is 2.98. The van der Waals surface area contributed by atoms with Crippen LogP contribution < -0.4 is 10.6 Å². The van der Waals surface area contributed by atoms with Crippen LogP contribution in [0.2, 0.25) is 0 Å². The third-order valence-corrected chi connectivity index (χ3v) is 2.71. The number of benzene rings is 1. The second-order valence-corrected chi connectivity index (χ2v) is 4.29. The van der Waals surface area contributed by atoms with Gasteiger partial charge in [-0.25, -0.2) is 9.59 Å². The second kappa shape index (κ2) is 6.55. The highest BCUT2D eigenvalue weighted by atomic mass is 16.4. The number of amides is 3. The molecule has 0 saturated heterocycles. The normalized spacial score (nSPS) is 9.75. The Bertz CT molecular complexity index is 542. The van der Waals surface area contributed by atoms with Crippen molar-refractivity contribution in [3.8, 4) is 0 Å². The van der Waals surface area contributed by atoms with Gasteiger partial charge >= 0.3 is 12.0 Å². The van der Waals surface area contributed by atoms with Crippen LogP contribution in [0.3, 0.4) is 0 Å². The van der Waals surface area contributed by atoms with E-state index in [1.165, 1.54) is 31.1 Å². The summed E-state index contributed by atoms with van der Waals surface area (Å²) in [6.07, 6.45) is 0. The van der Waals surface area contributed by atoms with Crippen molar-refractivity contribution in [3.05, 3.63) is 29.3 Å². The van der Waals surface area contributed by atoms with E-state index in [-0.39, 0.29) is 18.0 Å². The van der Waals surface area contributed by atoms with Gasteiger partial charge in [0.2, 0.25) is 5.91 Å². The average molecular weight is 279 g/mol. The van der Waals surface area contributed by atoms with Gasteiger partial charge < -0.3 is 20.6 Å². The van der Waals surface area contributed by atoms with Crippen molar-refractivity contribution in [1.82, 2.24) is 10.2 Å². The van der Waals surface area contributed by atoms with E-state index < -0.39 is 12.0 Å². The molecule has 0 saturated carbocycles. The van der Waals surface area contributed by atoms with E-state index in [1.807, 2.05) is 0 Å². The highest BCUT2D eigenvalue weighted by Gasteiger charge is 2.13. The number of carbonyl (C=O) groups excluding carboxylic acids is 2. The van der Waals surface area contributed by atoms with E-state index in [0.717, 1.165) is 0 Å². The maximum Gasteiger partial charge on any atom is 0.335 e. The molecule has 0 aliphatic carbocycles. The predicted molar refractivity (Wildman–Crippen MR) is 73.9 cm³/mol. The van der Waals surface area contributed by atoms with E-state index in [4.69, 9.17) is 5.11 Å². The number of rotatable bonds is 4. The summed E-state index contributed by atoms with van der Waals surface area (Å²) in [6, 6.07) is 4.04. The molecule has 108 valence electrons. The van der Waals surface area contributed by atoms with Crippen LogP contribution in [-0.2, 0) is 4.79 Å². The molecule has 0 aromatic heterocycles. The van der Waals surface area contributed by atoms with Crippen LogP contribution in [0.15, 0.2) is 18.2 Å². The fourth-order valence-corrected chi connectivity index (χ4v) is 1.57. The molecule has 3 N–H and O–H groups in total. The molecule has 0 unspecified atom stereocenters. The predicted octanol–water partition coefficient (Wildman–Crippen LogP) is 0.903. The first-order valence-electron chi connectivity index (χ1n) is 5.91. The third-order valence-electron chi connectivity index (χ3n) is 2.71. The molecule has 7 nitrogen and oxygen atoms in total. The standard InChI is InChI=1S/C13H17N3O4/c1-8-6-9(4-5-10(8)12(18)19)15-13(20)16(3)7-11(17)14-2/h4-6H,7H2,1-3H3,(H,14,17)(H,15,20)(H,18,19). The van der Waals surface area contributed by atoms with Gasteiger partial charge in [-0.05, 0) is 30.7 Å². The molecule has 0 bridgehead atoms. The molecule has 20 heavy (non-hydrogen) atoms. The zero-order valence-electron chi connectivity index (χ0n) is 11.6. The minimum absolute atomic E-state index is 0.0610. The summed E-state index contributed by atoms with van der Waals surface area (Å²) in [5, 5.41) is 13.9. The SMILES string of the molecule is CNC(=O)CN(C)C(=O)Nc1ccc(C(=O)O)c(C)c1. The van der Waals surface area contributed by atoms with Crippen molar-refractivity contribution in [2.45, 2.75) is 6.92 Å². The number of carboxylic acid groups (broad SMARTS) is 1. The summed E-state index contributed by atoms with van der Waals surface area (Å²) in [5.41, 5.74) is 1.20. The maximum absolute atomic E-state index is 11.8. The Morgan fingerprint density at radius 2 is 1.95 bits per heavy atom.